The van der Waals surface area contributed by atoms with Crippen LogP contribution in [0.3, 0.4) is 0 Å². The van der Waals surface area contributed by atoms with Gasteiger partial charge in [-0.3, -0.25) is 9.59 Å². The van der Waals surface area contributed by atoms with Crippen molar-refractivity contribution in [1.82, 2.24) is 0 Å². The molecule has 2 rings (SSSR count). The number of hydrogen-bond acceptors (Lipinski definition) is 4. The van der Waals surface area contributed by atoms with Crippen molar-refractivity contribution in [3.63, 3.8) is 0 Å². The summed E-state index contributed by atoms with van der Waals surface area (Å²) in [7, 11) is 0. The highest BCUT2D eigenvalue weighted by atomic mass is 16.5. The predicted octanol–water partition coefficient (Wildman–Crippen LogP) is 2.23. The second-order valence-electron chi connectivity index (χ2n) is 4.74. The van der Waals surface area contributed by atoms with Gasteiger partial charge in [0.1, 0.15) is 5.75 Å². The fourth-order valence-electron chi connectivity index (χ4n) is 2.07. The largest absolute Gasteiger partial charge is 0.492 e. The molecule has 0 fully saturated rings. The number of para-hydroxylation sites is 3. The van der Waals surface area contributed by atoms with E-state index < -0.39 is 5.91 Å². The van der Waals surface area contributed by atoms with Crippen LogP contribution in [0, 0.1) is 0 Å². The van der Waals surface area contributed by atoms with Crippen molar-refractivity contribution in [1.29, 1.82) is 0 Å². The molecule has 0 radical (unpaired) electrons. The number of benzene rings is 2. The summed E-state index contributed by atoms with van der Waals surface area (Å²) >= 11 is 0. The third-order valence-electron chi connectivity index (χ3n) is 3.09. The Kier molecular flexibility index (Phi) is 5.57. The molecule has 6 heteroatoms. The molecule has 0 saturated heterocycles. The molecule has 0 heterocycles. The molecular weight excluding hydrogens is 294 g/mol. The second kappa shape index (κ2) is 7.84. The van der Waals surface area contributed by atoms with Crippen LogP contribution in [0.2, 0.25) is 0 Å². The number of nitrogens with two attached hydrogens (primary N) is 1. The molecule has 0 unspecified atom stereocenters. The molecule has 0 aliphatic heterocycles. The van der Waals surface area contributed by atoms with Gasteiger partial charge >= 0.3 is 0 Å². The first-order chi connectivity index (χ1) is 11.1. The molecule has 2 aromatic rings. The average Bonchev–Trinajstić information content (AvgIpc) is 2.54. The van der Waals surface area contributed by atoms with Crippen LogP contribution in [0.4, 0.5) is 11.4 Å². The topological polar surface area (TPSA) is 93.4 Å². The van der Waals surface area contributed by atoms with Gasteiger partial charge in [0.15, 0.2) is 0 Å². The Morgan fingerprint density at radius 2 is 1.70 bits per heavy atom. The van der Waals surface area contributed by atoms with E-state index in [1.807, 2.05) is 31.2 Å². The fourth-order valence-corrected chi connectivity index (χ4v) is 2.07. The zero-order valence-corrected chi connectivity index (χ0v) is 12.8. The van der Waals surface area contributed by atoms with Crippen LogP contribution in [0.15, 0.2) is 48.5 Å². The van der Waals surface area contributed by atoms with Crippen LogP contribution < -0.4 is 21.1 Å². The minimum atomic E-state index is -0.587. The molecule has 120 valence electrons. The molecule has 0 spiro atoms. The molecule has 0 aromatic heterocycles. The lowest BCUT2D eigenvalue weighted by molar-refractivity contribution is -0.114. The highest BCUT2D eigenvalue weighted by Crippen LogP contribution is 2.23. The molecule has 4 N–H and O–H groups in total. The summed E-state index contributed by atoms with van der Waals surface area (Å²) in [5.74, 6) is -0.194. The summed E-state index contributed by atoms with van der Waals surface area (Å²) in [6.07, 6.45) is 0. The number of anilines is 2. The fraction of sp³-hybridized carbons (Fsp3) is 0.176. The molecule has 0 aliphatic carbocycles. The van der Waals surface area contributed by atoms with Crippen LogP contribution in [0.5, 0.6) is 5.75 Å². The van der Waals surface area contributed by atoms with E-state index >= 15 is 0 Å². The third-order valence-corrected chi connectivity index (χ3v) is 3.09. The van der Waals surface area contributed by atoms with Gasteiger partial charge in [0, 0.05) is 0 Å². The smallest absolute Gasteiger partial charge is 0.250 e. The van der Waals surface area contributed by atoms with Crippen LogP contribution >= 0.6 is 0 Å². The second-order valence-corrected chi connectivity index (χ2v) is 4.74. The maximum absolute atomic E-state index is 12.1. The zero-order chi connectivity index (χ0) is 16.7. The van der Waals surface area contributed by atoms with Crippen molar-refractivity contribution < 1.29 is 14.3 Å². The number of nitrogens with one attached hydrogen (secondary N) is 2. The Hall–Kier alpha value is -3.02. The maximum Gasteiger partial charge on any atom is 0.250 e. The third kappa shape index (κ3) is 4.47. The molecular formula is C17H19N3O3. The molecule has 6 nitrogen and oxygen atoms in total. The van der Waals surface area contributed by atoms with Crippen LogP contribution in [-0.2, 0) is 4.79 Å². The van der Waals surface area contributed by atoms with Gasteiger partial charge in [-0.1, -0.05) is 24.3 Å². The lowest BCUT2D eigenvalue weighted by Crippen LogP contribution is -2.24. The molecule has 23 heavy (non-hydrogen) atoms. The van der Waals surface area contributed by atoms with Gasteiger partial charge in [-0.25, -0.2) is 0 Å². The predicted molar refractivity (Wildman–Crippen MR) is 89.7 cm³/mol. The highest BCUT2D eigenvalue weighted by Gasteiger charge is 2.10. The van der Waals surface area contributed by atoms with E-state index in [1.165, 1.54) is 0 Å². The lowest BCUT2D eigenvalue weighted by atomic mass is 10.1. The minimum Gasteiger partial charge on any atom is -0.492 e. The first-order valence-electron chi connectivity index (χ1n) is 7.26. The number of carbonyl (C=O) groups excluding carboxylic acids is 2. The zero-order valence-electron chi connectivity index (χ0n) is 12.8. The van der Waals surface area contributed by atoms with Gasteiger partial charge in [0.2, 0.25) is 5.91 Å². The summed E-state index contributed by atoms with van der Waals surface area (Å²) in [5.41, 5.74) is 6.68. The van der Waals surface area contributed by atoms with Crippen molar-refractivity contribution in [3.8, 4) is 5.75 Å². The normalized spacial score (nSPS) is 9.96. The lowest BCUT2D eigenvalue weighted by Gasteiger charge is -2.13. The Bertz CT molecular complexity index is 701. The Balaban J connectivity index is 2.00. The van der Waals surface area contributed by atoms with Gasteiger partial charge in [-0.15, -0.1) is 0 Å². The van der Waals surface area contributed by atoms with Crippen LogP contribution in [-0.4, -0.2) is 25.0 Å². The molecule has 0 aliphatic rings. The monoisotopic (exact) mass is 313 g/mol. The highest BCUT2D eigenvalue weighted by molar-refractivity contribution is 6.03. The summed E-state index contributed by atoms with van der Waals surface area (Å²) in [6, 6.07) is 14.0. The number of rotatable bonds is 7. The van der Waals surface area contributed by atoms with Gasteiger partial charge < -0.3 is 21.1 Å². The van der Waals surface area contributed by atoms with Crippen molar-refractivity contribution >= 4 is 23.2 Å². The summed E-state index contributed by atoms with van der Waals surface area (Å²) in [6.45, 7) is 2.47. The number of ether oxygens (including phenoxy) is 1. The Labute approximate surface area is 134 Å². The average molecular weight is 313 g/mol. The quantitative estimate of drug-likeness (QED) is 0.730. The molecule has 0 atom stereocenters. The number of primary amides is 1. The van der Waals surface area contributed by atoms with Crippen molar-refractivity contribution in [3.05, 3.63) is 54.1 Å². The van der Waals surface area contributed by atoms with Crippen molar-refractivity contribution in [2.45, 2.75) is 6.92 Å². The Morgan fingerprint density at radius 3 is 2.39 bits per heavy atom. The molecule has 0 bridgehead atoms. The maximum atomic E-state index is 12.1. The standard InChI is InChI=1S/C17H19N3O3/c1-2-23-15-10-6-5-9-14(15)19-11-16(21)20-13-8-4-3-7-12(13)17(18)22/h3-10,19H,2,11H2,1H3,(H2,18,22)(H,20,21). The van der Waals surface area contributed by atoms with E-state index in [-0.39, 0.29) is 18.0 Å². The van der Waals surface area contributed by atoms with E-state index in [9.17, 15) is 9.59 Å². The van der Waals surface area contributed by atoms with Gasteiger partial charge in [0.05, 0.1) is 30.1 Å². The van der Waals surface area contributed by atoms with Gasteiger partial charge in [-0.05, 0) is 31.2 Å². The minimum absolute atomic E-state index is 0.0389. The number of amides is 2. The number of carbonyl (C=O) groups is 2. The van der Waals surface area contributed by atoms with Gasteiger partial charge in [-0.2, -0.15) is 0 Å². The van der Waals surface area contributed by atoms with E-state index in [4.69, 9.17) is 10.5 Å². The van der Waals surface area contributed by atoms with Crippen molar-refractivity contribution in [2.75, 3.05) is 23.8 Å². The summed E-state index contributed by atoms with van der Waals surface area (Å²) in [4.78, 5) is 23.4. The summed E-state index contributed by atoms with van der Waals surface area (Å²) in [5, 5.41) is 5.68. The molecule has 2 amide bonds. The van der Waals surface area contributed by atoms with E-state index in [0.29, 0.717) is 18.0 Å². The molecule has 2 aromatic carbocycles. The van der Waals surface area contributed by atoms with Gasteiger partial charge in [0.25, 0.3) is 5.91 Å². The van der Waals surface area contributed by atoms with Crippen molar-refractivity contribution in [2.24, 2.45) is 5.73 Å². The number of hydrogen-bond donors (Lipinski definition) is 3. The Morgan fingerprint density at radius 1 is 1.04 bits per heavy atom. The molecule has 0 saturated carbocycles. The van der Waals surface area contributed by atoms with E-state index in [2.05, 4.69) is 10.6 Å². The summed E-state index contributed by atoms with van der Waals surface area (Å²) < 4.78 is 5.48. The SMILES string of the molecule is CCOc1ccccc1NCC(=O)Nc1ccccc1C(N)=O. The van der Waals surface area contributed by atoms with Crippen LogP contribution in [0.25, 0.3) is 0 Å². The van der Waals surface area contributed by atoms with E-state index in [1.54, 1.807) is 24.3 Å². The first-order valence-corrected chi connectivity index (χ1v) is 7.26. The van der Waals surface area contributed by atoms with Crippen LogP contribution in [0.1, 0.15) is 17.3 Å². The first kappa shape index (κ1) is 16.4. The van der Waals surface area contributed by atoms with E-state index in [0.717, 1.165) is 5.69 Å².